The number of aromatic nitrogens is 6. The Balaban J connectivity index is 1.80. The molecule has 136 valence electrons. The second-order valence-corrected chi connectivity index (χ2v) is 5.55. The lowest BCUT2D eigenvalue weighted by Crippen LogP contribution is -2.04. The number of rotatable bonds is 3. The second-order valence-electron chi connectivity index (χ2n) is 5.55. The van der Waals surface area contributed by atoms with Gasteiger partial charge in [-0.15, -0.1) is 0 Å². The summed E-state index contributed by atoms with van der Waals surface area (Å²) in [4.78, 5) is 19.3. The number of aromatic carboxylic acids is 1. The van der Waals surface area contributed by atoms with Crippen LogP contribution < -0.4 is 0 Å². The van der Waals surface area contributed by atoms with E-state index in [4.69, 9.17) is 5.11 Å². The van der Waals surface area contributed by atoms with E-state index in [9.17, 15) is 18.0 Å². The second kappa shape index (κ2) is 5.90. The molecular weight excluding hydrogens is 365 g/mol. The van der Waals surface area contributed by atoms with Gasteiger partial charge in [0.05, 0.1) is 22.8 Å². The van der Waals surface area contributed by atoms with Crippen LogP contribution in [0.5, 0.6) is 0 Å². The van der Waals surface area contributed by atoms with Crippen LogP contribution in [0.25, 0.3) is 28.2 Å². The van der Waals surface area contributed by atoms with E-state index in [-0.39, 0.29) is 28.3 Å². The van der Waals surface area contributed by atoms with Crippen molar-refractivity contribution in [1.82, 2.24) is 29.9 Å². The van der Waals surface area contributed by atoms with E-state index in [1.807, 2.05) is 0 Å². The Hall–Kier alpha value is -3.76. The zero-order valence-electron chi connectivity index (χ0n) is 13.3. The predicted octanol–water partition coefficient (Wildman–Crippen LogP) is 2.92. The number of carbonyl (C=O) groups is 1. The lowest BCUT2D eigenvalue weighted by molar-refractivity contribution is -0.137. The summed E-state index contributed by atoms with van der Waals surface area (Å²) >= 11 is 0. The molecule has 0 amide bonds. The maximum atomic E-state index is 13.0. The number of nitrogens with zero attached hydrogens (tertiary/aromatic N) is 5. The molecule has 0 saturated heterocycles. The topological polar surface area (TPSA) is 110 Å². The number of aromatic amines is 1. The van der Waals surface area contributed by atoms with Gasteiger partial charge >= 0.3 is 12.1 Å². The minimum atomic E-state index is -4.49. The van der Waals surface area contributed by atoms with Crippen molar-refractivity contribution in [1.29, 1.82) is 0 Å². The molecule has 4 rings (SSSR count). The molecule has 2 N–H and O–H groups in total. The van der Waals surface area contributed by atoms with Crippen LogP contribution in [0, 0.1) is 0 Å². The predicted molar refractivity (Wildman–Crippen MR) is 86.2 cm³/mol. The quantitative estimate of drug-likeness (QED) is 0.571. The van der Waals surface area contributed by atoms with Gasteiger partial charge in [-0.2, -0.15) is 23.4 Å². The molecule has 8 nitrogen and oxygen atoms in total. The van der Waals surface area contributed by atoms with Crippen LogP contribution in [0.3, 0.4) is 0 Å². The van der Waals surface area contributed by atoms with Crippen LogP contribution in [0.2, 0.25) is 0 Å². The number of H-pyrrole nitrogens is 1. The highest BCUT2D eigenvalue weighted by molar-refractivity contribution is 5.91. The Bertz CT molecular complexity index is 1160. The summed E-state index contributed by atoms with van der Waals surface area (Å²) in [6, 6.07) is 4.70. The SMILES string of the molecule is O=C(O)c1cnn(-c2ccnc(-c3n[nH]c4ccc(C(F)(F)F)cc34)n2)c1. The molecule has 11 heteroatoms. The first-order valence-corrected chi connectivity index (χ1v) is 7.50. The van der Waals surface area contributed by atoms with Gasteiger partial charge in [0.2, 0.25) is 0 Å². The van der Waals surface area contributed by atoms with Crippen LogP contribution in [0.1, 0.15) is 15.9 Å². The smallest absolute Gasteiger partial charge is 0.416 e. The molecule has 4 aromatic rings. The van der Waals surface area contributed by atoms with Gasteiger partial charge in [-0.1, -0.05) is 0 Å². The average Bonchev–Trinajstić information content (AvgIpc) is 3.28. The number of benzene rings is 1. The van der Waals surface area contributed by atoms with Crippen LogP contribution in [0.4, 0.5) is 13.2 Å². The molecule has 0 aliphatic carbocycles. The van der Waals surface area contributed by atoms with Crippen molar-refractivity contribution < 1.29 is 23.1 Å². The van der Waals surface area contributed by atoms with Crippen molar-refractivity contribution in [3.8, 4) is 17.3 Å². The molecular formula is C16H9F3N6O2. The highest BCUT2D eigenvalue weighted by Crippen LogP contribution is 2.33. The summed E-state index contributed by atoms with van der Waals surface area (Å²) in [5.41, 5.74) is -0.301. The fourth-order valence-corrected chi connectivity index (χ4v) is 2.51. The van der Waals surface area contributed by atoms with E-state index in [0.29, 0.717) is 5.52 Å². The summed E-state index contributed by atoms with van der Waals surface area (Å²) < 4.78 is 40.2. The van der Waals surface area contributed by atoms with Crippen molar-refractivity contribution in [2.24, 2.45) is 0 Å². The number of halogens is 3. The van der Waals surface area contributed by atoms with E-state index in [0.717, 1.165) is 18.3 Å². The molecule has 0 bridgehead atoms. The summed E-state index contributed by atoms with van der Waals surface area (Å²) in [6.07, 6.45) is -0.690. The minimum Gasteiger partial charge on any atom is -0.478 e. The maximum absolute atomic E-state index is 13.0. The van der Waals surface area contributed by atoms with E-state index >= 15 is 0 Å². The molecule has 27 heavy (non-hydrogen) atoms. The molecule has 0 saturated carbocycles. The molecule has 0 unspecified atom stereocenters. The Labute approximate surface area is 148 Å². The summed E-state index contributed by atoms with van der Waals surface area (Å²) in [5.74, 6) is -0.824. The van der Waals surface area contributed by atoms with E-state index in [1.54, 1.807) is 0 Å². The van der Waals surface area contributed by atoms with Gasteiger partial charge in [0, 0.05) is 23.8 Å². The third-order valence-corrected chi connectivity index (χ3v) is 3.81. The van der Waals surface area contributed by atoms with Gasteiger partial charge in [-0.25, -0.2) is 19.4 Å². The van der Waals surface area contributed by atoms with E-state index in [1.165, 1.54) is 29.2 Å². The van der Waals surface area contributed by atoms with Gasteiger partial charge in [0.25, 0.3) is 0 Å². The third-order valence-electron chi connectivity index (χ3n) is 3.81. The van der Waals surface area contributed by atoms with Gasteiger partial charge in [-0.05, 0) is 18.2 Å². The molecule has 1 aromatic carbocycles. The van der Waals surface area contributed by atoms with Gasteiger partial charge in [0.1, 0.15) is 5.69 Å². The van der Waals surface area contributed by atoms with Crippen molar-refractivity contribution in [2.75, 3.05) is 0 Å². The Kier molecular flexibility index (Phi) is 3.65. The zero-order valence-corrected chi connectivity index (χ0v) is 13.3. The van der Waals surface area contributed by atoms with Gasteiger partial charge < -0.3 is 5.11 Å². The van der Waals surface area contributed by atoms with Crippen LogP contribution in [-0.4, -0.2) is 41.0 Å². The number of fused-ring (bicyclic) bond motifs is 1. The minimum absolute atomic E-state index is 0.0322. The molecule has 0 aliphatic heterocycles. The van der Waals surface area contributed by atoms with E-state index in [2.05, 4.69) is 25.3 Å². The fraction of sp³-hybridized carbons (Fsp3) is 0.0625. The van der Waals surface area contributed by atoms with Crippen molar-refractivity contribution in [3.63, 3.8) is 0 Å². The maximum Gasteiger partial charge on any atom is 0.416 e. The summed E-state index contributed by atoms with van der Waals surface area (Å²) in [7, 11) is 0. The normalized spacial score (nSPS) is 11.8. The Morgan fingerprint density at radius 2 is 2.04 bits per heavy atom. The number of carboxylic acid groups (broad SMARTS) is 1. The fourth-order valence-electron chi connectivity index (χ4n) is 2.51. The molecule has 0 spiro atoms. The van der Waals surface area contributed by atoms with Crippen molar-refractivity contribution in [2.45, 2.75) is 6.18 Å². The standard InChI is InChI=1S/C16H9F3N6O2/c17-16(18,19)9-1-2-11-10(5-9)13(24-23-11)14-20-4-3-12(22-14)25-7-8(6-21-25)15(26)27/h1-7H,(H,23,24)(H,26,27). The first-order chi connectivity index (χ1) is 12.8. The molecule has 3 heterocycles. The molecule has 0 radical (unpaired) electrons. The molecule has 3 aromatic heterocycles. The largest absolute Gasteiger partial charge is 0.478 e. The lowest BCUT2D eigenvalue weighted by Gasteiger charge is -2.06. The first kappa shape index (κ1) is 16.7. The Morgan fingerprint density at radius 1 is 1.22 bits per heavy atom. The van der Waals surface area contributed by atoms with Crippen LogP contribution in [-0.2, 0) is 6.18 Å². The number of carboxylic acids is 1. The molecule has 0 fully saturated rings. The van der Waals surface area contributed by atoms with E-state index < -0.39 is 17.7 Å². The van der Waals surface area contributed by atoms with Crippen LogP contribution in [0.15, 0.2) is 42.9 Å². The van der Waals surface area contributed by atoms with Crippen molar-refractivity contribution in [3.05, 3.63) is 54.0 Å². The van der Waals surface area contributed by atoms with Gasteiger partial charge in [0.15, 0.2) is 11.6 Å². The highest BCUT2D eigenvalue weighted by Gasteiger charge is 2.31. The number of hydrogen-bond acceptors (Lipinski definition) is 5. The van der Waals surface area contributed by atoms with Crippen LogP contribution >= 0.6 is 0 Å². The van der Waals surface area contributed by atoms with Gasteiger partial charge in [-0.3, -0.25) is 5.10 Å². The molecule has 0 atom stereocenters. The third kappa shape index (κ3) is 2.99. The number of hydrogen-bond donors (Lipinski definition) is 2. The summed E-state index contributed by atoms with van der Waals surface area (Å²) in [6.45, 7) is 0. The number of nitrogens with one attached hydrogen (secondary N) is 1. The average molecular weight is 374 g/mol. The monoisotopic (exact) mass is 374 g/mol. The first-order valence-electron chi connectivity index (χ1n) is 7.50. The number of alkyl halides is 3. The molecule has 0 aliphatic rings. The zero-order chi connectivity index (χ0) is 19.2. The Morgan fingerprint density at radius 3 is 2.74 bits per heavy atom. The summed E-state index contributed by atoms with van der Waals surface area (Å²) in [5, 5.41) is 19.8. The van der Waals surface area contributed by atoms with Crippen molar-refractivity contribution >= 4 is 16.9 Å². The highest BCUT2D eigenvalue weighted by atomic mass is 19.4. The lowest BCUT2D eigenvalue weighted by atomic mass is 10.1.